The molecule has 16 heavy (non-hydrogen) atoms. The molecule has 0 aromatic carbocycles. The molecule has 0 unspecified atom stereocenters. The van der Waals surface area contributed by atoms with Gasteiger partial charge >= 0.3 is 0 Å². The predicted molar refractivity (Wildman–Crippen MR) is 65.4 cm³/mol. The molecule has 0 aromatic rings. The average molecular weight is 222 g/mol. The van der Waals surface area contributed by atoms with E-state index >= 15 is 0 Å². The van der Waals surface area contributed by atoms with E-state index in [1.165, 1.54) is 0 Å². The van der Waals surface area contributed by atoms with Crippen LogP contribution in [0.3, 0.4) is 0 Å². The lowest BCUT2D eigenvalue weighted by Gasteiger charge is -2.20. The number of rotatable bonds is 5. The molecule has 2 saturated heterocycles. The zero-order chi connectivity index (χ0) is 11.4. The van der Waals surface area contributed by atoms with Crippen LogP contribution < -0.4 is 0 Å². The molecule has 0 N–H and O–H groups in total. The summed E-state index contributed by atoms with van der Waals surface area (Å²) in [5.41, 5.74) is 0. The molecule has 2 heterocycles. The highest BCUT2D eigenvalue weighted by atomic mass is 16.6. The number of hydrogen-bond donors (Lipinski definition) is 0. The smallest absolute Gasteiger partial charge is 0.0841 e. The first kappa shape index (κ1) is 11.9. The normalized spacial score (nSPS) is 38.8. The van der Waals surface area contributed by atoms with Gasteiger partial charge in [-0.15, -0.1) is 13.2 Å². The Kier molecular flexibility index (Phi) is 4.19. The maximum absolute atomic E-state index is 5.99. The summed E-state index contributed by atoms with van der Waals surface area (Å²) in [5.74, 6) is 0. The van der Waals surface area contributed by atoms with Gasteiger partial charge in [-0.3, -0.25) is 0 Å². The SMILES string of the molecule is C=CC[C@@H]1CC[C@H]([C@H]2CC[C@@H](CC=C)O2)O1. The standard InChI is InChI=1S/C14H22O2/c1-3-5-11-7-9-13(15-11)14-10-8-12(16-14)6-4-2/h3-4,11-14H,1-2,5-10H2/t11-,12-,13-,14-/m1/s1. The van der Waals surface area contributed by atoms with Crippen molar-refractivity contribution in [2.24, 2.45) is 0 Å². The van der Waals surface area contributed by atoms with E-state index in [1.54, 1.807) is 0 Å². The topological polar surface area (TPSA) is 18.5 Å². The second kappa shape index (κ2) is 5.65. The third-order valence-electron chi connectivity index (χ3n) is 3.55. The Morgan fingerprint density at radius 1 is 0.812 bits per heavy atom. The lowest BCUT2D eigenvalue weighted by Crippen LogP contribution is -2.26. The summed E-state index contributed by atoms with van der Waals surface area (Å²) in [5, 5.41) is 0. The number of ether oxygens (including phenoxy) is 2. The van der Waals surface area contributed by atoms with Crippen LogP contribution in [0, 0.1) is 0 Å². The minimum atomic E-state index is 0.319. The summed E-state index contributed by atoms with van der Waals surface area (Å²) in [6.07, 6.45) is 11.8. The van der Waals surface area contributed by atoms with E-state index < -0.39 is 0 Å². The van der Waals surface area contributed by atoms with Gasteiger partial charge in [-0.2, -0.15) is 0 Å². The van der Waals surface area contributed by atoms with E-state index in [4.69, 9.17) is 9.47 Å². The molecular weight excluding hydrogens is 200 g/mol. The molecule has 2 fully saturated rings. The maximum Gasteiger partial charge on any atom is 0.0841 e. The number of hydrogen-bond acceptors (Lipinski definition) is 2. The molecule has 2 aliphatic heterocycles. The summed E-state index contributed by atoms with van der Waals surface area (Å²) in [6.45, 7) is 7.52. The van der Waals surface area contributed by atoms with Gasteiger partial charge < -0.3 is 9.47 Å². The molecule has 0 radical (unpaired) electrons. The Labute approximate surface area is 98.3 Å². The highest BCUT2D eigenvalue weighted by Crippen LogP contribution is 2.33. The largest absolute Gasteiger partial charge is 0.372 e. The molecule has 2 heteroatoms. The lowest BCUT2D eigenvalue weighted by atomic mass is 10.1. The van der Waals surface area contributed by atoms with E-state index in [2.05, 4.69) is 13.2 Å². The van der Waals surface area contributed by atoms with Crippen LogP contribution in [0.5, 0.6) is 0 Å². The maximum atomic E-state index is 5.99. The van der Waals surface area contributed by atoms with Gasteiger partial charge in [0.05, 0.1) is 24.4 Å². The van der Waals surface area contributed by atoms with Crippen molar-refractivity contribution in [1.29, 1.82) is 0 Å². The highest BCUT2D eigenvalue weighted by Gasteiger charge is 2.36. The van der Waals surface area contributed by atoms with Gasteiger partial charge in [-0.1, -0.05) is 12.2 Å². The summed E-state index contributed by atoms with van der Waals surface area (Å²) in [7, 11) is 0. The summed E-state index contributed by atoms with van der Waals surface area (Å²) in [4.78, 5) is 0. The molecule has 2 rings (SSSR count). The van der Waals surface area contributed by atoms with E-state index in [-0.39, 0.29) is 0 Å². The molecule has 0 spiro atoms. The van der Waals surface area contributed by atoms with Gasteiger partial charge in [0.2, 0.25) is 0 Å². The summed E-state index contributed by atoms with van der Waals surface area (Å²) < 4.78 is 12.0. The zero-order valence-corrected chi connectivity index (χ0v) is 9.94. The molecule has 0 aromatic heterocycles. The molecule has 4 atom stereocenters. The minimum Gasteiger partial charge on any atom is -0.372 e. The van der Waals surface area contributed by atoms with E-state index in [0.29, 0.717) is 24.4 Å². The molecule has 0 aliphatic carbocycles. The van der Waals surface area contributed by atoms with Crippen LogP contribution >= 0.6 is 0 Å². The van der Waals surface area contributed by atoms with Crippen LogP contribution in [0.1, 0.15) is 38.5 Å². The van der Waals surface area contributed by atoms with E-state index in [9.17, 15) is 0 Å². The quantitative estimate of drug-likeness (QED) is 0.665. The van der Waals surface area contributed by atoms with Gasteiger partial charge in [0.1, 0.15) is 0 Å². The van der Waals surface area contributed by atoms with Crippen LogP contribution in [0.4, 0.5) is 0 Å². The molecule has 0 bridgehead atoms. The Morgan fingerprint density at radius 3 is 1.62 bits per heavy atom. The average Bonchev–Trinajstić information content (AvgIpc) is 2.87. The van der Waals surface area contributed by atoms with Crippen molar-refractivity contribution in [3.63, 3.8) is 0 Å². The minimum absolute atomic E-state index is 0.319. The van der Waals surface area contributed by atoms with Gasteiger partial charge in [-0.25, -0.2) is 0 Å². The summed E-state index contributed by atoms with van der Waals surface area (Å²) in [6, 6.07) is 0. The van der Waals surface area contributed by atoms with Crippen LogP contribution in [-0.2, 0) is 9.47 Å². The van der Waals surface area contributed by atoms with Crippen molar-refractivity contribution in [3.05, 3.63) is 25.3 Å². The fourth-order valence-electron chi connectivity index (χ4n) is 2.73. The summed E-state index contributed by atoms with van der Waals surface area (Å²) >= 11 is 0. The first-order valence-corrected chi connectivity index (χ1v) is 6.36. The molecule has 0 saturated carbocycles. The Hall–Kier alpha value is -0.600. The van der Waals surface area contributed by atoms with Crippen LogP contribution in [0.2, 0.25) is 0 Å². The molecule has 90 valence electrons. The van der Waals surface area contributed by atoms with Gasteiger partial charge in [0.15, 0.2) is 0 Å². The monoisotopic (exact) mass is 222 g/mol. The van der Waals surface area contributed by atoms with Gasteiger partial charge in [0.25, 0.3) is 0 Å². The molecule has 2 aliphatic rings. The van der Waals surface area contributed by atoms with Crippen LogP contribution in [0.25, 0.3) is 0 Å². The molecule has 0 amide bonds. The van der Waals surface area contributed by atoms with Gasteiger partial charge in [-0.05, 0) is 38.5 Å². The van der Waals surface area contributed by atoms with Crippen molar-refractivity contribution in [2.45, 2.75) is 62.9 Å². The first-order chi connectivity index (χ1) is 7.83. The van der Waals surface area contributed by atoms with E-state index in [0.717, 1.165) is 38.5 Å². The Morgan fingerprint density at radius 2 is 1.25 bits per heavy atom. The highest BCUT2D eigenvalue weighted by molar-refractivity contribution is 4.88. The van der Waals surface area contributed by atoms with Crippen molar-refractivity contribution in [3.8, 4) is 0 Å². The Bertz CT molecular complexity index is 223. The van der Waals surface area contributed by atoms with Crippen molar-refractivity contribution in [1.82, 2.24) is 0 Å². The van der Waals surface area contributed by atoms with Crippen LogP contribution in [-0.4, -0.2) is 24.4 Å². The van der Waals surface area contributed by atoms with Gasteiger partial charge in [0, 0.05) is 0 Å². The van der Waals surface area contributed by atoms with Crippen molar-refractivity contribution < 1.29 is 9.47 Å². The van der Waals surface area contributed by atoms with Crippen molar-refractivity contribution in [2.75, 3.05) is 0 Å². The fourth-order valence-corrected chi connectivity index (χ4v) is 2.73. The second-order valence-electron chi connectivity index (χ2n) is 4.80. The van der Waals surface area contributed by atoms with E-state index in [1.807, 2.05) is 12.2 Å². The molecule has 2 nitrogen and oxygen atoms in total. The third-order valence-corrected chi connectivity index (χ3v) is 3.55. The lowest BCUT2D eigenvalue weighted by molar-refractivity contribution is -0.0633. The predicted octanol–water partition coefficient (Wildman–Crippen LogP) is 3.23. The third kappa shape index (κ3) is 2.74. The van der Waals surface area contributed by atoms with Crippen LogP contribution in [0.15, 0.2) is 25.3 Å². The Balaban J connectivity index is 1.77. The first-order valence-electron chi connectivity index (χ1n) is 6.36. The fraction of sp³-hybridized carbons (Fsp3) is 0.714. The second-order valence-corrected chi connectivity index (χ2v) is 4.80. The molecular formula is C14H22O2. The zero-order valence-electron chi connectivity index (χ0n) is 9.94. The van der Waals surface area contributed by atoms with Crippen molar-refractivity contribution >= 4 is 0 Å².